The second kappa shape index (κ2) is 5.69. The van der Waals surface area contributed by atoms with Crippen LogP contribution in [0.1, 0.15) is 12.8 Å². The minimum absolute atomic E-state index is 0.186. The highest BCUT2D eigenvalue weighted by Crippen LogP contribution is 2.22. The number of para-hydroxylation sites is 1. The third-order valence-corrected chi connectivity index (χ3v) is 4.50. The van der Waals surface area contributed by atoms with Gasteiger partial charge in [-0.25, -0.2) is 13.1 Å². The van der Waals surface area contributed by atoms with Crippen molar-refractivity contribution >= 4 is 10.0 Å². The second-order valence-electron chi connectivity index (χ2n) is 4.30. The molecule has 2 N–H and O–H groups in total. The summed E-state index contributed by atoms with van der Waals surface area (Å²) in [7, 11) is -2.04. The quantitative estimate of drug-likeness (QED) is 0.827. The smallest absolute Gasteiger partial charge is 0.244 e. The fourth-order valence-corrected chi connectivity index (χ4v) is 3.31. The molecule has 0 aromatic heterocycles. The molecule has 18 heavy (non-hydrogen) atoms. The Labute approximate surface area is 108 Å². The Kier molecular flexibility index (Phi) is 4.21. The van der Waals surface area contributed by atoms with E-state index < -0.39 is 10.0 Å². The molecule has 1 aliphatic rings. The predicted octanol–water partition coefficient (Wildman–Crippen LogP) is 0.725. The van der Waals surface area contributed by atoms with E-state index in [0.717, 1.165) is 19.4 Å². The van der Waals surface area contributed by atoms with Crippen molar-refractivity contribution in [1.29, 1.82) is 0 Å². The predicted molar refractivity (Wildman–Crippen MR) is 69.2 cm³/mol. The molecule has 100 valence electrons. The van der Waals surface area contributed by atoms with Crippen molar-refractivity contribution in [3.63, 3.8) is 0 Å². The normalized spacial score (nSPS) is 19.9. The summed E-state index contributed by atoms with van der Waals surface area (Å²) >= 11 is 0. The molecule has 1 heterocycles. The molecule has 1 aromatic rings. The SMILES string of the molecule is COc1ccccc1S(=O)(=O)NCC1CCCN1. The number of hydrogen-bond acceptors (Lipinski definition) is 4. The van der Waals surface area contributed by atoms with Crippen LogP contribution in [0.5, 0.6) is 5.75 Å². The van der Waals surface area contributed by atoms with Gasteiger partial charge in [-0.15, -0.1) is 0 Å². The maximum absolute atomic E-state index is 12.1. The molecule has 0 amide bonds. The van der Waals surface area contributed by atoms with Gasteiger partial charge in [0.1, 0.15) is 10.6 Å². The van der Waals surface area contributed by atoms with Gasteiger partial charge >= 0.3 is 0 Å². The molecular weight excluding hydrogens is 252 g/mol. The molecule has 1 aromatic carbocycles. The molecule has 1 fully saturated rings. The molecule has 0 saturated carbocycles. The first kappa shape index (κ1) is 13.3. The van der Waals surface area contributed by atoms with E-state index in [9.17, 15) is 8.42 Å². The van der Waals surface area contributed by atoms with E-state index in [-0.39, 0.29) is 10.9 Å². The van der Waals surface area contributed by atoms with E-state index in [2.05, 4.69) is 10.0 Å². The highest BCUT2D eigenvalue weighted by Gasteiger charge is 2.21. The molecule has 1 saturated heterocycles. The van der Waals surface area contributed by atoms with Gasteiger partial charge in [-0.3, -0.25) is 0 Å². The van der Waals surface area contributed by atoms with Gasteiger partial charge < -0.3 is 10.1 Å². The van der Waals surface area contributed by atoms with Gasteiger partial charge in [0.15, 0.2) is 0 Å². The van der Waals surface area contributed by atoms with Gasteiger partial charge in [0.25, 0.3) is 0 Å². The molecule has 2 rings (SSSR count). The second-order valence-corrected chi connectivity index (χ2v) is 6.03. The van der Waals surface area contributed by atoms with Crippen molar-refractivity contribution < 1.29 is 13.2 Å². The van der Waals surface area contributed by atoms with Crippen molar-refractivity contribution in [3.8, 4) is 5.75 Å². The van der Waals surface area contributed by atoms with Crippen LogP contribution in [0, 0.1) is 0 Å². The van der Waals surface area contributed by atoms with E-state index in [1.807, 2.05) is 0 Å². The van der Waals surface area contributed by atoms with Crippen LogP contribution in [0.3, 0.4) is 0 Å². The van der Waals surface area contributed by atoms with E-state index in [0.29, 0.717) is 12.3 Å². The summed E-state index contributed by atoms with van der Waals surface area (Å²) in [6.07, 6.45) is 2.11. The Morgan fingerprint density at radius 1 is 1.44 bits per heavy atom. The molecule has 0 aliphatic carbocycles. The summed E-state index contributed by atoms with van der Waals surface area (Å²) in [4.78, 5) is 0.186. The lowest BCUT2D eigenvalue weighted by Gasteiger charge is -2.13. The highest BCUT2D eigenvalue weighted by atomic mass is 32.2. The van der Waals surface area contributed by atoms with Crippen LogP contribution >= 0.6 is 0 Å². The lowest BCUT2D eigenvalue weighted by Crippen LogP contribution is -2.37. The van der Waals surface area contributed by atoms with Crippen LogP contribution in [-0.4, -0.2) is 34.7 Å². The number of methoxy groups -OCH3 is 1. The van der Waals surface area contributed by atoms with E-state index >= 15 is 0 Å². The number of nitrogens with one attached hydrogen (secondary N) is 2. The summed E-state index contributed by atoms with van der Waals surface area (Å²) in [6, 6.07) is 6.85. The Morgan fingerprint density at radius 3 is 2.89 bits per heavy atom. The average Bonchev–Trinajstić information content (AvgIpc) is 2.89. The zero-order chi connectivity index (χ0) is 13.0. The van der Waals surface area contributed by atoms with Crippen molar-refractivity contribution in [1.82, 2.24) is 10.0 Å². The Bertz CT molecular complexity index is 496. The molecule has 1 atom stereocenters. The fourth-order valence-electron chi connectivity index (χ4n) is 2.06. The molecule has 1 unspecified atom stereocenters. The van der Waals surface area contributed by atoms with E-state index in [1.165, 1.54) is 7.11 Å². The lowest BCUT2D eigenvalue weighted by molar-refractivity contribution is 0.402. The maximum Gasteiger partial charge on any atom is 0.244 e. The third-order valence-electron chi connectivity index (χ3n) is 3.04. The van der Waals surface area contributed by atoms with Crippen molar-refractivity contribution in [2.24, 2.45) is 0 Å². The zero-order valence-corrected chi connectivity index (χ0v) is 11.2. The van der Waals surface area contributed by atoms with Gasteiger partial charge in [-0.1, -0.05) is 12.1 Å². The van der Waals surface area contributed by atoms with Crippen molar-refractivity contribution in [3.05, 3.63) is 24.3 Å². The number of sulfonamides is 1. The fraction of sp³-hybridized carbons (Fsp3) is 0.500. The van der Waals surface area contributed by atoms with Crippen LogP contribution in [0.4, 0.5) is 0 Å². The standard InChI is InChI=1S/C12H18N2O3S/c1-17-11-6-2-3-7-12(11)18(15,16)14-9-10-5-4-8-13-10/h2-3,6-7,10,13-14H,4-5,8-9H2,1H3. The summed E-state index contributed by atoms with van der Waals surface area (Å²) in [6.45, 7) is 1.38. The molecule has 6 heteroatoms. The van der Waals surface area contributed by atoms with Gasteiger partial charge in [-0.05, 0) is 31.5 Å². The van der Waals surface area contributed by atoms with Crippen LogP contribution < -0.4 is 14.8 Å². The molecule has 0 spiro atoms. The molecule has 0 bridgehead atoms. The summed E-state index contributed by atoms with van der Waals surface area (Å²) in [5.41, 5.74) is 0. The first-order valence-corrected chi connectivity index (χ1v) is 7.48. The third kappa shape index (κ3) is 3.01. The Hall–Kier alpha value is -1.11. The first-order valence-electron chi connectivity index (χ1n) is 5.99. The average molecular weight is 270 g/mol. The van der Waals surface area contributed by atoms with Gasteiger partial charge in [0.2, 0.25) is 10.0 Å². The van der Waals surface area contributed by atoms with Gasteiger partial charge in [0, 0.05) is 12.6 Å². The maximum atomic E-state index is 12.1. The number of rotatable bonds is 5. The van der Waals surface area contributed by atoms with Crippen molar-refractivity contribution in [2.45, 2.75) is 23.8 Å². The zero-order valence-electron chi connectivity index (χ0n) is 10.3. The Morgan fingerprint density at radius 2 is 2.22 bits per heavy atom. The minimum atomic E-state index is -3.51. The Balaban J connectivity index is 2.09. The summed E-state index contributed by atoms with van der Waals surface area (Å²) in [5.74, 6) is 0.365. The summed E-state index contributed by atoms with van der Waals surface area (Å²) in [5, 5.41) is 3.25. The number of ether oxygens (including phenoxy) is 1. The number of benzene rings is 1. The van der Waals surface area contributed by atoms with Gasteiger partial charge in [0.05, 0.1) is 7.11 Å². The molecule has 0 radical (unpaired) electrons. The van der Waals surface area contributed by atoms with Crippen LogP contribution in [0.25, 0.3) is 0 Å². The highest BCUT2D eigenvalue weighted by molar-refractivity contribution is 7.89. The van der Waals surface area contributed by atoms with Crippen LogP contribution in [-0.2, 0) is 10.0 Å². The lowest BCUT2D eigenvalue weighted by atomic mass is 10.2. The molecular formula is C12H18N2O3S. The van der Waals surface area contributed by atoms with Crippen LogP contribution in [0.2, 0.25) is 0 Å². The summed E-state index contributed by atoms with van der Waals surface area (Å²) < 4.78 is 32.0. The minimum Gasteiger partial charge on any atom is -0.495 e. The van der Waals surface area contributed by atoms with E-state index in [1.54, 1.807) is 24.3 Å². The van der Waals surface area contributed by atoms with Crippen molar-refractivity contribution in [2.75, 3.05) is 20.2 Å². The molecule has 5 nitrogen and oxygen atoms in total. The van der Waals surface area contributed by atoms with Crippen LogP contribution in [0.15, 0.2) is 29.2 Å². The number of hydrogen-bond donors (Lipinski definition) is 2. The first-order chi connectivity index (χ1) is 8.63. The monoisotopic (exact) mass is 270 g/mol. The largest absolute Gasteiger partial charge is 0.495 e. The topological polar surface area (TPSA) is 67.4 Å². The van der Waals surface area contributed by atoms with E-state index in [4.69, 9.17) is 4.74 Å². The van der Waals surface area contributed by atoms with Gasteiger partial charge in [-0.2, -0.15) is 0 Å². The molecule has 1 aliphatic heterocycles.